The van der Waals surface area contributed by atoms with Crippen molar-refractivity contribution in [1.82, 2.24) is 9.47 Å². The van der Waals surface area contributed by atoms with Gasteiger partial charge in [0.05, 0.1) is 19.4 Å². The maximum absolute atomic E-state index is 13.4. The Labute approximate surface area is 133 Å². The lowest BCUT2D eigenvalue weighted by atomic mass is 10.2. The number of hydrogen-bond donors (Lipinski definition) is 0. The second-order valence-electron chi connectivity index (χ2n) is 5.60. The molecule has 4 nitrogen and oxygen atoms in total. The Morgan fingerprint density at radius 2 is 2.13 bits per heavy atom. The van der Waals surface area contributed by atoms with E-state index in [1.807, 2.05) is 41.2 Å². The van der Waals surface area contributed by atoms with E-state index in [4.69, 9.17) is 9.15 Å². The fourth-order valence-corrected chi connectivity index (χ4v) is 2.93. The molecule has 3 heterocycles. The van der Waals surface area contributed by atoms with Gasteiger partial charge in [-0.25, -0.2) is 4.39 Å². The lowest BCUT2D eigenvalue weighted by molar-refractivity contribution is 0.0258. The van der Waals surface area contributed by atoms with E-state index in [-0.39, 0.29) is 12.0 Å². The topological polar surface area (TPSA) is 30.5 Å². The first-order valence-corrected chi connectivity index (χ1v) is 7.61. The Morgan fingerprint density at radius 3 is 2.96 bits per heavy atom. The normalized spacial score (nSPS) is 18.6. The monoisotopic (exact) mass is 312 g/mol. The molecule has 1 atom stereocenters. The summed E-state index contributed by atoms with van der Waals surface area (Å²) in [5.41, 5.74) is 1.85. The third-order valence-electron chi connectivity index (χ3n) is 4.03. The number of ether oxygens (including phenoxy) is 1. The predicted octanol–water partition coefficient (Wildman–Crippen LogP) is 3.74. The van der Waals surface area contributed by atoms with Gasteiger partial charge in [-0.3, -0.25) is 4.90 Å². The van der Waals surface area contributed by atoms with E-state index in [0.29, 0.717) is 13.2 Å². The standard InChI is InChI=1S/C18H17FN2O2/c19-15-3-1-4-16(11-15)20-7-6-14(12-20)18-21(8-10-23-18)13-17-5-2-9-22-17/h1-7,9,11-12,18H,8,10,13H2/t18-/m0/s1. The molecule has 4 rings (SSSR count). The fourth-order valence-electron chi connectivity index (χ4n) is 2.93. The van der Waals surface area contributed by atoms with Gasteiger partial charge in [0, 0.05) is 30.2 Å². The number of rotatable bonds is 4. The molecule has 1 aliphatic heterocycles. The summed E-state index contributed by atoms with van der Waals surface area (Å²) in [4.78, 5) is 2.23. The third-order valence-corrected chi connectivity index (χ3v) is 4.03. The second-order valence-corrected chi connectivity index (χ2v) is 5.60. The van der Waals surface area contributed by atoms with Crippen LogP contribution in [-0.2, 0) is 11.3 Å². The van der Waals surface area contributed by atoms with Crippen LogP contribution in [0.5, 0.6) is 0 Å². The van der Waals surface area contributed by atoms with E-state index in [9.17, 15) is 4.39 Å². The van der Waals surface area contributed by atoms with Crippen LogP contribution in [0.1, 0.15) is 17.6 Å². The molecule has 118 valence electrons. The Kier molecular flexibility index (Phi) is 3.73. The quantitative estimate of drug-likeness (QED) is 0.735. The average Bonchev–Trinajstić information content (AvgIpc) is 3.29. The Hall–Kier alpha value is -2.37. The lowest BCUT2D eigenvalue weighted by Gasteiger charge is -2.21. The largest absolute Gasteiger partial charge is 0.468 e. The number of nitrogens with zero attached hydrogens (tertiary/aromatic N) is 2. The van der Waals surface area contributed by atoms with Crippen LogP contribution in [-0.4, -0.2) is 22.6 Å². The SMILES string of the molecule is Fc1cccc(-n2ccc([C@@H]3OCCN3Cc3ccco3)c2)c1. The van der Waals surface area contributed by atoms with E-state index < -0.39 is 0 Å². The molecule has 0 radical (unpaired) electrons. The van der Waals surface area contributed by atoms with Crippen LogP contribution in [0.4, 0.5) is 4.39 Å². The highest BCUT2D eigenvalue weighted by molar-refractivity contribution is 5.34. The lowest BCUT2D eigenvalue weighted by Crippen LogP contribution is -2.22. The highest BCUT2D eigenvalue weighted by atomic mass is 19.1. The predicted molar refractivity (Wildman–Crippen MR) is 83.5 cm³/mol. The molecule has 1 aromatic carbocycles. The smallest absolute Gasteiger partial charge is 0.138 e. The third kappa shape index (κ3) is 2.93. The first-order valence-electron chi connectivity index (χ1n) is 7.61. The van der Waals surface area contributed by atoms with Crippen molar-refractivity contribution in [3.8, 4) is 5.69 Å². The number of halogens is 1. The van der Waals surface area contributed by atoms with Crippen molar-refractivity contribution in [1.29, 1.82) is 0 Å². The van der Waals surface area contributed by atoms with Crippen molar-refractivity contribution in [3.63, 3.8) is 0 Å². The summed E-state index contributed by atoms with van der Waals surface area (Å²) in [6, 6.07) is 12.4. The first-order chi connectivity index (χ1) is 11.3. The summed E-state index contributed by atoms with van der Waals surface area (Å²) in [5, 5.41) is 0. The molecule has 23 heavy (non-hydrogen) atoms. The maximum Gasteiger partial charge on any atom is 0.138 e. The Morgan fingerprint density at radius 1 is 1.17 bits per heavy atom. The van der Waals surface area contributed by atoms with E-state index in [2.05, 4.69) is 4.90 Å². The molecule has 2 aromatic heterocycles. The van der Waals surface area contributed by atoms with Crippen LogP contribution >= 0.6 is 0 Å². The van der Waals surface area contributed by atoms with Gasteiger partial charge >= 0.3 is 0 Å². The molecule has 1 aliphatic rings. The van der Waals surface area contributed by atoms with Gasteiger partial charge in [-0.2, -0.15) is 0 Å². The van der Waals surface area contributed by atoms with Crippen LogP contribution in [0.2, 0.25) is 0 Å². The molecule has 3 aromatic rings. The molecule has 5 heteroatoms. The van der Waals surface area contributed by atoms with Gasteiger partial charge in [0.25, 0.3) is 0 Å². The summed E-state index contributed by atoms with van der Waals surface area (Å²) >= 11 is 0. The zero-order valence-electron chi connectivity index (χ0n) is 12.6. The number of aromatic nitrogens is 1. The van der Waals surface area contributed by atoms with Crippen molar-refractivity contribution >= 4 is 0 Å². The number of hydrogen-bond acceptors (Lipinski definition) is 3. The molecule has 1 fully saturated rings. The average molecular weight is 312 g/mol. The van der Waals surface area contributed by atoms with Crippen molar-refractivity contribution in [2.45, 2.75) is 12.8 Å². The summed E-state index contributed by atoms with van der Waals surface area (Å²) < 4.78 is 26.6. The van der Waals surface area contributed by atoms with Gasteiger partial charge in [-0.15, -0.1) is 0 Å². The molecule has 0 bridgehead atoms. The molecular formula is C18H17FN2O2. The van der Waals surface area contributed by atoms with Crippen molar-refractivity contribution in [2.75, 3.05) is 13.2 Å². The summed E-state index contributed by atoms with van der Waals surface area (Å²) in [5.74, 6) is 0.680. The summed E-state index contributed by atoms with van der Waals surface area (Å²) in [6.07, 6.45) is 5.49. The second kappa shape index (κ2) is 6.02. The van der Waals surface area contributed by atoms with Crippen LogP contribution < -0.4 is 0 Å². The van der Waals surface area contributed by atoms with Gasteiger partial charge < -0.3 is 13.7 Å². The zero-order chi connectivity index (χ0) is 15.6. The minimum atomic E-state index is -0.241. The minimum Gasteiger partial charge on any atom is -0.468 e. The van der Waals surface area contributed by atoms with Gasteiger partial charge in [0.2, 0.25) is 0 Å². The fraction of sp³-hybridized carbons (Fsp3) is 0.222. The maximum atomic E-state index is 13.4. The molecule has 0 saturated carbocycles. The molecule has 0 spiro atoms. The minimum absolute atomic E-state index is 0.102. The molecule has 0 amide bonds. The van der Waals surface area contributed by atoms with Gasteiger partial charge in [-0.05, 0) is 36.4 Å². The van der Waals surface area contributed by atoms with Crippen molar-refractivity contribution < 1.29 is 13.5 Å². The summed E-state index contributed by atoms with van der Waals surface area (Å²) in [7, 11) is 0. The van der Waals surface area contributed by atoms with E-state index in [0.717, 1.165) is 23.6 Å². The van der Waals surface area contributed by atoms with E-state index in [1.165, 1.54) is 12.1 Å². The van der Waals surface area contributed by atoms with Crippen LogP contribution in [0, 0.1) is 5.82 Å². The highest BCUT2D eigenvalue weighted by Gasteiger charge is 2.28. The zero-order valence-corrected chi connectivity index (χ0v) is 12.6. The Bertz CT molecular complexity index is 782. The Balaban J connectivity index is 1.55. The molecule has 0 aliphatic carbocycles. The summed E-state index contributed by atoms with van der Waals surface area (Å²) in [6.45, 7) is 2.26. The van der Waals surface area contributed by atoms with Gasteiger partial charge in [0.1, 0.15) is 17.8 Å². The van der Waals surface area contributed by atoms with E-state index in [1.54, 1.807) is 12.3 Å². The van der Waals surface area contributed by atoms with Gasteiger partial charge in [-0.1, -0.05) is 6.07 Å². The van der Waals surface area contributed by atoms with Gasteiger partial charge in [0.15, 0.2) is 0 Å². The van der Waals surface area contributed by atoms with Crippen LogP contribution in [0.15, 0.2) is 65.5 Å². The number of benzene rings is 1. The van der Waals surface area contributed by atoms with Crippen molar-refractivity contribution in [2.24, 2.45) is 0 Å². The van der Waals surface area contributed by atoms with Crippen LogP contribution in [0.3, 0.4) is 0 Å². The molecular weight excluding hydrogens is 295 g/mol. The highest BCUT2D eigenvalue weighted by Crippen LogP contribution is 2.29. The number of furan rings is 1. The van der Waals surface area contributed by atoms with E-state index >= 15 is 0 Å². The first kappa shape index (κ1) is 14.2. The molecule has 0 N–H and O–H groups in total. The van der Waals surface area contributed by atoms with Crippen LogP contribution in [0.25, 0.3) is 5.69 Å². The molecule has 1 saturated heterocycles. The molecule has 0 unspecified atom stereocenters. The van der Waals surface area contributed by atoms with Crippen molar-refractivity contribution in [3.05, 3.63) is 78.3 Å².